The molecule has 2 fully saturated rings. The number of aliphatic hydroxyl groups is 1. The van der Waals surface area contributed by atoms with Crippen molar-refractivity contribution < 1.29 is 5.11 Å². The largest absolute Gasteiger partial charge is 0.393 e. The Morgan fingerprint density at radius 1 is 1.20 bits per heavy atom. The third kappa shape index (κ3) is 4.44. The molecule has 0 radical (unpaired) electrons. The van der Waals surface area contributed by atoms with Crippen LogP contribution in [-0.4, -0.2) is 47.8 Å². The van der Waals surface area contributed by atoms with Gasteiger partial charge in [0, 0.05) is 25.2 Å². The Morgan fingerprint density at radius 3 is 2.50 bits per heavy atom. The van der Waals surface area contributed by atoms with Crippen molar-refractivity contribution in [2.45, 2.75) is 77.5 Å². The van der Waals surface area contributed by atoms with Crippen LogP contribution in [-0.2, 0) is 0 Å². The van der Waals surface area contributed by atoms with E-state index in [1.165, 1.54) is 38.6 Å². The molecule has 4 unspecified atom stereocenters. The third-order valence-corrected chi connectivity index (χ3v) is 5.58. The van der Waals surface area contributed by atoms with E-state index in [1.54, 1.807) is 0 Å². The van der Waals surface area contributed by atoms with Crippen LogP contribution >= 0.6 is 0 Å². The lowest BCUT2D eigenvalue weighted by molar-refractivity contribution is 0.0310. The van der Waals surface area contributed by atoms with Crippen LogP contribution in [0.1, 0.15) is 59.3 Å². The minimum atomic E-state index is -0.183. The second-order valence-electron chi connectivity index (χ2n) is 7.20. The maximum absolute atomic E-state index is 9.99. The maximum Gasteiger partial charge on any atom is 0.0553 e. The van der Waals surface area contributed by atoms with Gasteiger partial charge in [-0.25, -0.2) is 0 Å². The van der Waals surface area contributed by atoms with Gasteiger partial charge in [0.1, 0.15) is 0 Å². The molecular weight excluding hydrogens is 248 g/mol. The van der Waals surface area contributed by atoms with Crippen LogP contribution in [0.5, 0.6) is 0 Å². The fraction of sp³-hybridized carbons (Fsp3) is 1.00. The van der Waals surface area contributed by atoms with Crippen molar-refractivity contribution in [1.82, 2.24) is 10.2 Å². The second kappa shape index (κ2) is 7.77. The molecule has 3 nitrogen and oxygen atoms in total. The number of aliphatic hydroxyl groups excluding tert-OH is 1. The summed E-state index contributed by atoms with van der Waals surface area (Å²) in [6.07, 6.45) is 7.82. The van der Waals surface area contributed by atoms with Crippen molar-refractivity contribution in [3.05, 3.63) is 0 Å². The van der Waals surface area contributed by atoms with Gasteiger partial charge in [-0.15, -0.1) is 0 Å². The molecule has 1 heterocycles. The zero-order chi connectivity index (χ0) is 14.5. The molecule has 0 aromatic carbocycles. The van der Waals surface area contributed by atoms with E-state index in [-0.39, 0.29) is 6.10 Å². The summed E-state index contributed by atoms with van der Waals surface area (Å²) in [7, 11) is 0. The van der Waals surface area contributed by atoms with Crippen molar-refractivity contribution in [2.24, 2.45) is 11.8 Å². The van der Waals surface area contributed by atoms with Crippen LogP contribution < -0.4 is 5.32 Å². The number of rotatable bonds is 6. The summed E-state index contributed by atoms with van der Waals surface area (Å²) in [4.78, 5) is 2.58. The molecule has 4 atom stereocenters. The molecule has 1 aliphatic heterocycles. The first-order valence-electron chi connectivity index (χ1n) is 8.75. The molecule has 0 spiro atoms. The summed E-state index contributed by atoms with van der Waals surface area (Å²) >= 11 is 0. The number of hydrogen-bond acceptors (Lipinski definition) is 3. The van der Waals surface area contributed by atoms with Gasteiger partial charge in [0.2, 0.25) is 0 Å². The minimum Gasteiger partial charge on any atom is -0.393 e. The number of likely N-dealkylation sites (tertiary alicyclic amines) is 1. The van der Waals surface area contributed by atoms with Gasteiger partial charge in [-0.1, -0.05) is 19.8 Å². The number of piperidine rings is 1. The number of nitrogens with one attached hydrogen (secondary N) is 1. The van der Waals surface area contributed by atoms with Gasteiger partial charge < -0.3 is 10.4 Å². The van der Waals surface area contributed by atoms with Gasteiger partial charge >= 0.3 is 0 Å². The van der Waals surface area contributed by atoms with Crippen LogP contribution in [0.15, 0.2) is 0 Å². The van der Waals surface area contributed by atoms with Crippen LogP contribution in [0, 0.1) is 11.8 Å². The Bertz CT molecular complexity index is 276. The first kappa shape index (κ1) is 16.3. The fourth-order valence-corrected chi connectivity index (χ4v) is 3.84. The fourth-order valence-electron chi connectivity index (χ4n) is 3.84. The predicted molar refractivity (Wildman–Crippen MR) is 84.9 cm³/mol. The topological polar surface area (TPSA) is 35.5 Å². The smallest absolute Gasteiger partial charge is 0.0553 e. The SMILES string of the molecule is CCC(C)N1CC(NCC2CCCC2)CC(C(C)O)C1. The van der Waals surface area contributed by atoms with Crippen LogP contribution in [0.2, 0.25) is 0 Å². The van der Waals surface area contributed by atoms with E-state index in [9.17, 15) is 5.11 Å². The van der Waals surface area contributed by atoms with E-state index >= 15 is 0 Å². The highest BCUT2D eigenvalue weighted by molar-refractivity contribution is 4.88. The summed E-state index contributed by atoms with van der Waals surface area (Å²) in [5.41, 5.74) is 0. The van der Waals surface area contributed by atoms with E-state index in [1.807, 2.05) is 6.92 Å². The van der Waals surface area contributed by atoms with Crippen molar-refractivity contribution in [3.63, 3.8) is 0 Å². The van der Waals surface area contributed by atoms with E-state index in [2.05, 4.69) is 24.1 Å². The molecule has 0 amide bonds. The summed E-state index contributed by atoms with van der Waals surface area (Å²) < 4.78 is 0. The lowest BCUT2D eigenvalue weighted by Crippen LogP contribution is -2.54. The Kier molecular flexibility index (Phi) is 6.31. The van der Waals surface area contributed by atoms with E-state index in [4.69, 9.17) is 0 Å². The van der Waals surface area contributed by atoms with Gasteiger partial charge in [-0.3, -0.25) is 4.90 Å². The quantitative estimate of drug-likeness (QED) is 0.786. The number of hydrogen-bond donors (Lipinski definition) is 2. The molecule has 3 heteroatoms. The maximum atomic E-state index is 9.99. The summed E-state index contributed by atoms with van der Waals surface area (Å²) in [6.45, 7) is 9.94. The van der Waals surface area contributed by atoms with Crippen LogP contribution in [0.25, 0.3) is 0 Å². The molecule has 1 saturated heterocycles. The van der Waals surface area contributed by atoms with E-state index in [0.717, 1.165) is 25.4 Å². The zero-order valence-corrected chi connectivity index (χ0v) is 13.6. The highest BCUT2D eigenvalue weighted by Gasteiger charge is 2.31. The Morgan fingerprint density at radius 2 is 1.90 bits per heavy atom. The molecule has 118 valence electrons. The van der Waals surface area contributed by atoms with Crippen LogP contribution in [0.3, 0.4) is 0 Å². The molecule has 1 aliphatic carbocycles. The van der Waals surface area contributed by atoms with Crippen LogP contribution in [0.4, 0.5) is 0 Å². The van der Waals surface area contributed by atoms with Gasteiger partial charge in [0.25, 0.3) is 0 Å². The summed E-state index contributed by atoms with van der Waals surface area (Å²) in [6, 6.07) is 1.20. The Labute approximate surface area is 125 Å². The lowest BCUT2D eigenvalue weighted by atomic mass is 9.89. The molecule has 2 aliphatic rings. The molecule has 0 bridgehead atoms. The molecule has 1 saturated carbocycles. The van der Waals surface area contributed by atoms with Crippen molar-refractivity contribution in [3.8, 4) is 0 Å². The zero-order valence-electron chi connectivity index (χ0n) is 13.6. The van der Waals surface area contributed by atoms with Crippen molar-refractivity contribution in [2.75, 3.05) is 19.6 Å². The molecule has 2 N–H and O–H groups in total. The standard InChI is InChI=1S/C17H34N2O/c1-4-13(2)19-11-16(14(3)20)9-17(12-19)18-10-15-7-5-6-8-15/h13-18,20H,4-12H2,1-3H3. The molecule has 2 rings (SSSR count). The molecule has 0 aromatic heterocycles. The number of nitrogens with zero attached hydrogens (tertiary/aromatic N) is 1. The average molecular weight is 282 g/mol. The van der Waals surface area contributed by atoms with Gasteiger partial charge in [0.05, 0.1) is 6.10 Å². The highest BCUT2D eigenvalue weighted by atomic mass is 16.3. The summed E-state index contributed by atoms with van der Waals surface area (Å²) in [5.74, 6) is 1.33. The minimum absolute atomic E-state index is 0.183. The van der Waals surface area contributed by atoms with Gasteiger partial charge in [-0.05, 0) is 57.9 Å². The highest BCUT2D eigenvalue weighted by Crippen LogP contribution is 2.26. The first-order valence-corrected chi connectivity index (χ1v) is 8.75. The first-order chi connectivity index (χ1) is 9.60. The lowest BCUT2D eigenvalue weighted by Gasteiger charge is -2.42. The van der Waals surface area contributed by atoms with Gasteiger partial charge in [-0.2, -0.15) is 0 Å². The Balaban J connectivity index is 1.85. The second-order valence-corrected chi connectivity index (χ2v) is 7.20. The molecule has 20 heavy (non-hydrogen) atoms. The monoisotopic (exact) mass is 282 g/mol. The van der Waals surface area contributed by atoms with Crippen molar-refractivity contribution in [1.29, 1.82) is 0 Å². The van der Waals surface area contributed by atoms with Gasteiger partial charge in [0.15, 0.2) is 0 Å². The third-order valence-electron chi connectivity index (χ3n) is 5.58. The van der Waals surface area contributed by atoms with E-state index < -0.39 is 0 Å². The Hall–Kier alpha value is -0.120. The summed E-state index contributed by atoms with van der Waals surface area (Å²) in [5, 5.41) is 13.8. The average Bonchev–Trinajstić information content (AvgIpc) is 2.97. The van der Waals surface area contributed by atoms with Crippen molar-refractivity contribution >= 4 is 0 Å². The molecule has 0 aromatic rings. The molecular formula is C17H34N2O. The van der Waals surface area contributed by atoms with E-state index in [0.29, 0.717) is 18.0 Å². The normalized spacial score (nSPS) is 32.4. The predicted octanol–water partition coefficient (Wildman–Crippen LogP) is 2.64.